The first kappa shape index (κ1) is 25.5. The zero-order valence-corrected chi connectivity index (χ0v) is 20.8. The number of hydrogen-bond donors (Lipinski definition) is 1. The topological polar surface area (TPSA) is 146 Å². The largest absolute Gasteiger partial charge is 0.494 e. The molecule has 2 aromatic heterocycles. The highest BCUT2D eigenvalue weighted by Crippen LogP contribution is 2.23. The van der Waals surface area contributed by atoms with Crippen LogP contribution in [0.4, 0.5) is 5.13 Å². The molecule has 0 spiro atoms. The lowest BCUT2D eigenvalue weighted by molar-refractivity contribution is -0.143. The summed E-state index contributed by atoms with van der Waals surface area (Å²) in [5.74, 6) is -3.54. The van der Waals surface area contributed by atoms with Crippen LogP contribution in [0.25, 0.3) is 10.2 Å². The number of fused-ring (bicyclic) bond motifs is 1. The summed E-state index contributed by atoms with van der Waals surface area (Å²) in [6, 6.07) is 5.19. The van der Waals surface area contributed by atoms with Crippen molar-refractivity contribution in [2.45, 2.75) is 20.4 Å². The fourth-order valence-electron chi connectivity index (χ4n) is 2.90. The molecule has 34 heavy (non-hydrogen) atoms. The maximum absolute atomic E-state index is 12.5. The number of sulfone groups is 1. The molecule has 0 radical (unpaired) electrons. The molecule has 1 N–H and O–H groups in total. The summed E-state index contributed by atoms with van der Waals surface area (Å²) in [5.41, 5.74) is 0.610. The molecule has 14 heteroatoms. The van der Waals surface area contributed by atoms with Crippen molar-refractivity contribution in [3.63, 3.8) is 0 Å². The fraction of sp³-hybridized carbons (Fsp3) is 0.350. The van der Waals surface area contributed by atoms with Crippen LogP contribution in [0, 0.1) is 0 Å². The molecule has 0 saturated heterocycles. The standard InChI is InChI=1S/C20H22N4O7S3/c1-3-30-13-5-6-14-15(9-13)33-20(24(14)10-18(27)31-4-2)23-17(26)12-34(28,29)11-16(25)22-19-21-7-8-32-19/h5-9H,3-4,10-12H2,1-2H3,(H,21,22,25). The lowest BCUT2D eigenvalue weighted by atomic mass is 10.3. The average molecular weight is 527 g/mol. The summed E-state index contributed by atoms with van der Waals surface area (Å²) < 4.78 is 37.4. The number of amides is 2. The minimum Gasteiger partial charge on any atom is -0.494 e. The maximum Gasteiger partial charge on any atom is 0.326 e. The van der Waals surface area contributed by atoms with Crippen LogP contribution in [0.1, 0.15) is 13.8 Å². The van der Waals surface area contributed by atoms with Gasteiger partial charge in [0.1, 0.15) is 23.8 Å². The summed E-state index contributed by atoms with van der Waals surface area (Å²) in [6.45, 7) is 3.95. The molecule has 0 saturated carbocycles. The number of carbonyl (C=O) groups is 3. The van der Waals surface area contributed by atoms with Crippen LogP contribution >= 0.6 is 22.7 Å². The molecular formula is C20H22N4O7S3. The average Bonchev–Trinajstić information content (AvgIpc) is 3.35. The predicted molar refractivity (Wildman–Crippen MR) is 128 cm³/mol. The summed E-state index contributed by atoms with van der Waals surface area (Å²) in [4.78, 5) is 44.5. The smallest absolute Gasteiger partial charge is 0.326 e. The van der Waals surface area contributed by atoms with Gasteiger partial charge in [-0.2, -0.15) is 4.99 Å². The van der Waals surface area contributed by atoms with E-state index in [-0.39, 0.29) is 23.1 Å². The van der Waals surface area contributed by atoms with Crippen LogP contribution < -0.4 is 14.9 Å². The molecule has 2 amide bonds. The molecule has 0 fully saturated rings. The first-order chi connectivity index (χ1) is 16.2. The predicted octanol–water partition coefficient (Wildman–Crippen LogP) is 1.60. The minimum absolute atomic E-state index is 0.129. The molecule has 0 atom stereocenters. The summed E-state index contributed by atoms with van der Waals surface area (Å²) in [6.07, 6.45) is 1.46. The zero-order valence-electron chi connectivity index (χ0n) is 18.3. The van der Waals surface area contributed by atoms with Crippen molar-refractivity contribution in [2.75, 3.05) is 30.0 Å². The van der Waals surface area contributed by atoms with Gasteiger partial charge < -0.3 is 19.4 Å². The molecule has 0 bridgehead atoms. The first-order valence-electron chi connectivity index (χ1n) is 10.1. The number of rotatable bonds is 10. The Morgan fingerprint density at radius 1 is 1.18 bits per heavy atom. The SMILES string of the molecule is CCOC(=O)Cn1c(=NC(=O)CS(=O)(=O)CC(=O)Nc2nccs2)sc2cc(OCC)ccc21. The van der Waals surface area contributed by atoms with Gasteiger partial charge in [-0.25, -0.2) is 13.4 Å². The number of nitrogens with zero attached hydrogens (tertiary/aromatic N) is 3. The second-order valence-corrected chi connectivity index (χ2v) is 10.7. The van der Waals surface area contributed by atoms with Gasteiger partial charge in [0.05, 0.1) is 23.4 Å². The number of anilines is 1. The van der Waals surface area contributed by atoms with Crippen molar-refractivity contribution in [3.8, 4) is 5.75 Å². The van der Waals surface area contributed by atoms with Gasteiger partial charge in [0.15, 0.2) is 19.8 Å². The molecule has 3 aromatic rings. The highest BCUT2D eigenvalue weighted by molar-refractivity contribution is 7.92. The van der Waals surface area contributed by atoms with Gasteiger partial charge in [-0.15, -0.1) is 11.3 Å². The lowest BCUT2D eigenvalue weighted by Gasteiger charge is -2.06. The molecule has 1 aromatic carbocycles. The van der Waals surface area contributed by atoms with Gasteiger partial charge in [-0.05, 0) is 32.0 Å². The van der Waals surface area contributed by atoms with Crippen molar-refractivity contribution >= 4 is 65.6 Å². The van der Waals surface area contributed by atoms with Gasteiger partial charge >= 0.3 is 5.97 Å². The van der Waals surface area contributed by atoms with Crippen LogP contribution in [0.5, 0.6) is 5.75 Å². The quantitative estimate of drug-likeness (QED) is 0.392. The van der Waals surface area contributed by atoms with E-state index >= 15 is 0 Å². The van der Waals surface area contributed by atoms with Crippen LogP contribution in [0.15, 0.2) is 34.8 Å². The maximum atomic E-state index is 12.5. The number of carbonyl (C=O) groups excluding carboxylic acids is 3. The van der Waals surface area contributed by atoms with Crippen molar-refractivity contribution < 1.29 is 32.3 Å². The summed E-state index contributed by atoms with van der Waals surface area (Å²) in [7, 11) is -4.09. The molecule has 182 valence electrons. The number of thiazole rings is 2. The van der Waals surface area contributed by atoms with E-state index < -0.39 is 39.1 Å². The lowest BCUT2D eigenvalue weighted by Crippen LogP contribution is -2.28. The van der Waals surface area contributed by atoms with E-state index in [0.717, 1.165) is 22.7 Å². The minimum atomic E-state index is -4.09. The molecular weight excluding hydrogens is 504 g/mol. The molecule has 3 rings (SSSR count). The van der Waals surface area contributed by atoms with E-state index in [2.05, 4.69) is 15.3 Å². The van der Waals surface area contributed by atoms with Gasteiger partial charge in [0, 0.05) is 11.6 Å². The number of nitrogens with one attached hydrogen (secondary N) is 1. The van der Waals surface area contributed by atoms with Crippen LogP contribution in [-0.4, -0.2) is 60.5 Å². The van der Waals surface area contributed by atoms with Crippen LogP contribution in [0.3, 0.4) is 0 Å². The van der Waals surface area contributed by atoms with E-state index in [9.17, 15) is 22.8 Å². The van der Waals surface area contributed by atoms with Crippen molar-refractivity contribution in [1.29, 1.82) is 0 Å². The van der Waals surface area contributed by atoms with Crippen molar-refractivity contribution in [3.05, 3.63) is 34.6 Å². The first-order valence-corrected chi connectivity index (χ1v) is 13.6. The summed E-state index contributed by atoms with van der Waals surface area (Å²) >= 11 is 2.24. The molecule has 0 aliphatic rings. The third-order valence-electron chi connectivity index (χ3n) is 4.15. The number of ether oxygens (including phenoxy) is 2. The molecule has 2 heterocycles. The Balaban J connectivity index is 1.85. The second kappa shape index (κ2) is 11.4. The van der Waals surface area contributed by atoms with E-state index in [4.69, 9.17) is 9.47 Å². The number of esters is 1. The van der Waals surface area contributed by atoms with Gasteiger partial charge in [-0.1, -0.05) is 11.3 Å². The Morgan fingerprint density at radius 2 is 1.97 bits per heavy atom. The number of aromatic nitrogens is 2. The van der Waals surface area contributed by atoms with Crippen molar-refractivity contribution in [2.24, 2.45) is 4.99 Å². The van der Waals surface area contributed by atoms with Crippen LogP contribution in [0.2, 0.25) is 0 Å². The fourth-order valence-corrected chi connectivity index (χ4v) is 5.54. The summed E-state index contributed by atoms with van der Waals surface area (Å²) in [5, 5.41) is 4.24. The molecule has 0 unspecified atom stereocenters. The third-order valence-corrected chi connectivity index (χ3v) is 7.27. The molecule has 0 aliphatic carbocycles. The van der Waals surface area contributed by atoms with Gasteiger partial charge in [0.25, 0.3) is 5.91 Å². The Hall–Kier alpha value is -3.10. The van der Waals surface area contributed by atoms with E-state index in [1.54, 1.807) is 30.5 Å². The van der Waals surface area contributed by atoms with Gasteiger partial charge in [-0.3, -0.25) is 14.4 Å². The third kappa shape index (κ3) is 6.95. The molecule has 0 aliphatic heterocycles. The highest BCUT2D eigenvalue weighted by Gasteiger charge is 2.22. The zero-order chi connectivity index (χ0) is 24.7. The van der Waals surface area contributed by atoms with Crippen molar-refractivity contribution in [1.82, 2.24) is 9.55 Å². The van der Waals surface area contributed by atoms with E-state index in [0.29, 0.717) is 22.6 Å². The molecule has 11 nitrogen and oxygen atoms in total. The highest BCUT2D eigenvalue weighted by atomic mass is 32.2. The van der Waals surface area contributed by atoms with E-state index in [1.165, 1.54) is 10.8 Å². The number of benzene rings is 1. The Kier molecular flexibility index (Phi) is 8.52. The van der Waals surface area contributed by atoms with Crippen LogP contribution in [-0.2, 0) is 35.5 Å². The normalized spacial score (nSPS) is 12.0. The van der Waals surface area contributed by atoms with E-state index in [1.807, 2.05) is 6.92 Å². The number of hydrogen-bond acceptors (Lipinski definition) is 10. The Morgan fingerprint density at radius 3 is 2.65 bits per heavy atom. The second-order valence-electron chi connectivity index (χ2n) is 6.76. The van der Waals surface area contributed by atoms with Gasteiger partial charge in [0.2, 0.25) is 5.91 Å². The Bertz CT molecular complexity index is 1360. The Labute approximate surface area is 203 Å². The monoisotopic (exact) mass is 526 g/mol.